The fourth-order valence-corrected chi connectivity index (χ4v) is 3.35. The summed E-state index contributed by atoms with van der Waals surface area (Å²) in [7, 11) is 3.27. The smallest absolute Gasteiger partial charge is 0.369 e. The third-order valence-electron chi connectivity index (χ3n) is 4.77. The summed E-state index contributed by atoms with van der Waals surface area (Å²) in [6.07, 6.45) is 0.872. The zero-order chi connectivity index (χ0) is 18.8. The Morgan fingerprint density at radius 2 is 1.70 bits per heavy atom. The van der Waals surface area contributed by atoms with Gasteiger partial charge in [-0.05, 0) is 52.2 Å². The number of fused-ring (bicyclic) bond motifs is 1. The summed E-state index contributed by atoms with van der Waals surface area (Å²) >= 11 is 0. The van der Waals surface area contributed by atoms with Crippen LogP contribution in [0.5, 0.6) is 11.5 Å². The molecule has 0 N–H and O–H groups in total. The van der Waals surface area contributed by atoms with Crippen LogP contribution in [0.25, 0.3) is 5.69 Å². The number of hydrogen-bond acceptors (Lipinski definition) is 6. The van der Waals surface area contributed by atoms with Crippen molar-refractivity contribution in [1.82, 2.24) is 24.7 Å². The lowest BCUT2D eigenvalue weighted by atomic mass is 9.99. The van der Waals surface area contributed by atoms with Gasteiger partial charge in [-0.1, -0.05) is 18.2 Å². The highest BCUT2D eigenvalue weighted by Gasteiger charge is 2.21. The zero-order valence-corrected chi connectivity index (χ0v) is 15.3. The molecule has 0 fully saturated rings. The second-order valence-corrected chi connectivity index (χ2v) is 6.43. The summed E-state index contributed by atoms with van der Waals surface area (Å²) in [6.45, 7) is 1.92. The maximum absolute atomic E-state index is 12.6. The molecule has 0 spiro atoms. The van der Waals surface area contributed by atoms with E-state index in [2.05, 4.69) is 15.3 Å². The van der Waals surface area contributed by atoms with Crippen LogP contribution in [-0.2, 0) is 19.6 Å². The van der Waals surface area contributed by atoms with Crippen molar-refractivity contribution in [2.24, 2.45) is 0 Å². The summed E-state index contributed by atoms with van der Waals surface area (Å²) in [5.74, 6) is 1.46. The SMILES string of the molecule is COc1cc2c(cc1OC)CN(Cn1nnn(-c3ccccc3)c1=O)CC2. The first-order valence-corrected chi connectivity index (χ1v) is 8.74. The molecule has 0 atom stereocenters. The average molecular weight is 367 g/mol. The first-order valence-electron chi connectivity index (χ1n) is 8.74. The van der Waals surface area contributed by atoms with E-state index in [0.29, 0.717) is 24.7 Å². The van der Waals surface area contributed by atoms with Crippen molar-refractivity contribution in [3.8, 4) is 17.2 Å². The third-order valence-corrected chi connectivity index (χ3v) is 4.77. The monoisotopic (exact) mass is 367 g/mol. The van der Waals surface area contributed by atoms with E-state index in [4.69, 9.17) is 9.47 Å². The second-order valence-electron chi connectivity index (χ2n) is 6.43. The fourth-order valence-electron chi connectivity index (χ4n) is 3.35. The van der Waals surface area contributed by atoms with Gasteiger partial charge in [-0.2, -0.15) is 9.36 Å². The number of ether oxygens (including phenoxy) is 2. The number of methoxy groups -OCH3 is 2. The number of aromatic nitrogens is 4. The lowest BCUT2D eigenvalue weighted by Crippen LogP contribution is -2.36. The number of benzene rings is 2. The molecule has 1 aliphatic heterocycles. The summed E-state index contributed by atoms with van der Waals surface area (Å²) in [5, 5.41) is 8.03. The van der Waals surface area contributed by atoms with Crippen LogP contribution in [0.15, 0.2) is 47.3 Å². The van der Waals surface area contributed by atoms with E-state index >= 15 is 0 Å². The van der Waals surface area contributed by atoms with Crippen molar-refractivity contribution in [2.75, 3.05) is 20.8 Å². The number of nitrogens with zero attached hydrogens (tertiary/aromatic N) is 5. The van der Waals surface area contributed by atoms with Gasteiger partial charge >= 0.3 is 5.69 Å². The minimum Gasteiger partial charge on any atom is -0.493 e. The number of para-hydroxylation sites is 1. The van der Waals surface area contributed by atoms with E-state index in [0.717, 1.165) is 18.7 Å². The summed E-state index contributed by atoms with van der Waals surface area (Å²) in [5.41, 5.74) is 2.86. The maximum atomic E-state index is 12.6. The largest absolute Gasteiger partial charge is 0.493 e. The molecule has 0 aliphatic carbocycles. The molecule has 8 heteroatoms. The molecule has 0 amide bonds. The molecular weight excluding hydrogens is 346 g/mol. The van der Waals surface area contributed by atoms with Gasteiger partial charge in [0.25, 0.3) is 0 Å². The lowest BCUT2D eigenvalue weighted by molar-refractivity contribution is 0.184. The molecule has 4 rings (SSSR count). The number of rotatable bonds is 5. The molecule has 0 bridgehead atoms. The molecule has 27 heavy (non-hydrogen) atoms. The molecule has 1 aliphatic rings. The van der Waals surface area contributed by atoms with E-state index in [9.17, 15) is 4.79 Å². The minimum absolute atomic E-state index is 0.251. The van der Waals surface area contributed by atoms with Gasteiger partial charge in [0.1, 0.15) is 6.67 Å². The van der Waals surface area contributed by atoms with E-state index in [-0.39, 0.29) is 5.69 Å². The van der Waals surface area contributed by atoms with Crippen molar-refractivity contribution < 1.29 is 9.47 Å². The van der Waals surface area contributed by atoms with Gasteiger partial charge < -0.3 is 9.47 Å². The Morgan fingerprint density at radius 1 is 1.00 bits per heavy atom. The number of hydrogen-bond donors (Lipinski definition) is 0. The van der Waals surface area contributed by atoms with Crippen molar-refractivity contribution in [1.29, 1.82) is 0 Å². The van der Waals surface area contributed by atoms with Crippen LogP contribution in [0.1, 0.15) is 11.1 Å². The van der Waals surface area contributed by atoms with Gasteiger partial charge in [0.05, 0.1) is 19.9 Å². The van der Waals surface area contributed by atoms with Crippen LogP contribution >= 0.6 is 0 Å². The van der Waals surface area contributed by atoms with Gasteiger partial charge in [-0.15, -0.1) is 0 Å². The molecular formula is C19H21N5O3. The standard InChI is InChI=1S/C19H21N5O3/c1-26-17-10-14-8-9-22(12-15(14)11-18(17)27-2)13-23-19(25)24(21-20-23)16-6-4-3-5-7-16/h3-7,10-11H,8-9,12-13H2,1-2H3. The molecule has 3 aromatic rings. The Kier molecular flexibility index (Phi) is 4.64. The molecule has 0 saturated carbocycles. The second kappa shape index (κ2) is 7.24. The quantitative estimate of drug-likeness (QED) is 0.680. The lowest BCUT2D eigenvalue weighted by Gasteiger charge is -2.28. The van der Waals surface area contributed by atoms with E-state index in [1.54, 1.807) is 14.2 Å². The molecule has 2 heterocycles. The molecule has 1 aromatic heterocycles. The topological polar surface area (TPSA) is 74.4 Å². The van der Waals surface area contributed by atoms with Crippen LogP contribution in [0.4, 0.5) is 0 Å². The van der Waals surface area contributed by atoms with E-state index < -0.39 is 0 Å². The van der Waals surface area contributed by atoms with Crippen molar-refractivity contribution in [3.05, 3.63) is 64.1 Å². The predicted molar refractivity (Wildman–Crippen MR) is 99.3 cm³/mol. The predicted octanol–water partition coefficient (Wildman–Crippen LogP) is 1.46. The molecule has 0 saturated heterocycles. The van der Waals surface area contributed by atoms with Crippen LogP contribution in [0.2, 0.25) is 0 Å². The van der Waals surface area contributed by atoms with Gasteiger partial charge in [0.2, 0.25) is 0 Å². The molecule has 0 radical (unpaired) electrons. The van der Waals surface area contributed by atoms with E-state index in [1.807, 2.05) is 42.5 Å². The highest BCUT2D eigenvalue weighted by atomic mass is 16.5. The first-order chi connectivity index (χ1) is 13.2. The summed E-state index contributed by atoms with van der Waals surface area (Å²) in [6, 6.07) is 13.3. The van der Waals surface area contributed by atoms with Crippen LogP contribution in [0, 0.1) is 0 Å². The Balaban J connectivity index is 1.54. The minimum atomic E-state index is -0.251. The highest BCUT2D eigenvalue weighted by molar-refractivity contribution is 5.48. The summed E-state index contributed by atoms with van der Waals surface area (Å²) < 4.78 is 13.5. The van der Waals surface area contributed by atoms with Gasteiger partial charge in [-0.25, -0.2) is 4.79 Å². The van der Waals surface area contributed by atoms with Crippen LogP contribution in [-0.4, -0.2) is 45.5 Å². The summed E-state index contributed by atoms with van der Waals surface area (Å²) in [4.78, 5) is 14.8. The van der Waals surface area contributed by atoms with Crippen molar-refractivity contribution in [3.63, 3.8) is 0 Å². The Labute approximate surface area is 156 Å². The molecule has 8 nitrogen and oxygen atoms in total. The fraction of sp³-hybridized carbons (Fsp3) is 0.316. The zero-order valence-electron chi connectivity index (χ0n) is 15.3. The van der Waals surface area contributed by atoms with Gasteiger partial charge in [0.15, 0.2) is 11.5 Å². The van der Waals surface area contributed by atoms with Crippen LogP contribution in [0.3, 0.4) is 0 Å². The maximum Gasteiger partial charge on any atom is 0.369 e. The molecule has 140 valence electrons. The van der Waals surface area contributed by atoms with Crippen molar-refractivity contribution in [2.45, 2.75) is 19.6 Å². The van der Waals surface area contributed by atoms with Gasteiger partial charge in [-0.3, -0.25) is 4.90 Å². The average Bonchev–Trinajstić information content (AvgIpc) is 3.07. The van der Waals surface area contributed by atoms with Crippen molar-refractivity contribution >= 4 is 0 Å². The van der Waals surface area contributed by atoms with E-state index in [1.165, 1.54) is 20.5 Å². The molecule has 2 aromatic carbocycles. The number of tetrazole rings is 1. The third kappa shape index (κ3) is 3.31. The highest BCUT2D eigenvalue weighted by Crippen LogP contribution is 2.33. The Morgan fingerprint density at radius 3 is 2.41 bits per heavy atom. The molecule has 0 unspecified atom stereocenters. The van der Waals surface area contributed by atoms with Gasteiger partial charge in [0, 0.05) is 13.1 Å². The Bertz CT molecular complexity index is 996. The van der Waals surface area contributed by atoms with Crippen LogP contribution < -0.4 is 15.2 Å². The first kappa shape index (κ1) is 17.3. The normalized spacial score (nSPS) is 14.0. The Hall–Kier alpha value is -3.13.